The molecule has 0 aromatic heterocycles. The Balaban J connectivity index is 2.11. The second kappa shape index (κ2) is 6.11. The van der Waals surface area contributed by atoms with Crippen molar-refractivity contribution in [2.75, 3.05) is 7.11 Å². The van der Waals surface area contributed by atoms with Gasteiger partial charge in [-0.1, -0.05) is 0 Å². The molecule has 0 aliphatic carbocycles. The van der Waals surface area contributed by atoms with Gasteiger partial charge in [0.15, 0.2) is 17.2 Å². The predicted molar refractivity (Wildman–Crippen MR) is 92.9 cm³/mol. The third kappa shape index (κ3) is 2.42. The van der Waals surface area contributed by atoms with Crippen molar-refractivity contribution in [1.29, 1.82) is 0 Å². The van der Waals surface area contributed by atoms with Crippen molar-refractivity contribution in [3.63, 3.8) is 0 Å². The van der Waals surface area contributed by atoms with Gasteiger partial charge in [0.2, 0.25) is 6.29 Å². The van der Waals surface area contributed by atoms with E-state index in [4.69, 9.17) is 18.9 Å². The van der Waals surface area contributed by atoms with Crippen molar-refractivity contribution in [2.24, 2.45) is 0 Å². The van der Waals surface area contributed by atoms with E-state index in [9.17, 15) is 29.7 Å². The summed E-state index contributed by atoms with van der Waals surface area (Å²) in [6.45, 7) is 2.90. The van der Waals surface area contributed by atoms with E-state index < -0.39 is 35.5 Å². The van der Waals surface area contributed by atoms with Crippen LogP contribution in [0.1, 0.15) is 54.1 Å². The average Bonchev–Trinajstić information content (AvgIpc) is 2.85. The SMILES string of the molecule is COc1cc(C)c2c(c1C(=O)O)Oc1c(c(C)c(O)c3c1[C@@H](O)OC3=O)OC2=O. The van der Waals surface area contributed by atoms with Crippen LogP contribution in [0.15, 0.2) is 6.07 Å². The number of ether oxygens (including phenoxy) is 4. The van der Waals surface area contributed by atoms with E-state index in [1.807, 2.05) is 0 Å². The highest BCUT2D eigenvalue weighted by Crippen LogP contribution is 2.53. The Bertz CT molecular complexity index is 1130. The topological polar surface area (TPSA) is 149 Å². The number of carboxylic acids is 1. The molecule has 2 aromatic rings. The number of benzene rings is 2. The first-order valence-corrected chi connectivity index (χ1v) is 8.30. The molecule has 2 aromatic carbocycles. The van der Waals surface area contributed by atoms with Gasteiger partial charge in [-0.2, -0.15) is 0 Å². The maximum absolute atomic E-state index is 12.8. The van der Waals surface area contributed by atoms with E-state index in [0.29, 0.717) is 5.56 Å². The average molecular weight is 402 g/mol. The van der Waals surface area contributed by atoms with Crippen LogP contribution in [0.3, 0.4) is 0 Å². The Morgan fingerprint density at radius 1 is 1.07 bits per heavy atom. The van der Waals surface area contributed by atoms with Gasteiger partial charge < -0.3 is 34.3 Å². The molecule has 0 radical (unpaired) electrons. The molecular formula is C19H14O10. The van der Waals surface area contributed by atoms with Crippen molar-refractivity contribution in [3.8, 4) is 28.7 Å². The monoisotopic (exact) mass is 402 g/mol. The van der Waals surface area contributed by atoms with Crippen LogP contribution in [0.25, 0.3) is 0 Å². The maximum atomic E-state index is 12.8. The molecule has 1 atom stereocenters. The van der Waals surface area contributed by atoms with Crippen LogP contribution >= 0.6 is 0 Å². The molecule has 0 bridgehead atoms. The molecule has 2 heterocycles. The number of fused-ring (bicyclic) bond motifs is 4. The fourth-order valence-corrected chi connectivity index (χ4v) is 3.44. The molecule has 10 heteroatoms. The molecule has 0 amide bonds. The van der Waals surface area contributed by atoms with Crippen LogP contribution in [-0.2, 0) is 4.74 Å². The van der Waals surface area contributed by atoms with Gasteiger partial charge in [-0.05, 0) is 25.5 Å². The van der Waals surface area contributed by atoms with Crippen LogP contribution in [0.4, 0.5) is 0 Å². The van der Waals surface area contributed by atoms with E-state index in [1.54, 1.807) is 0 Å². The molecule has 2 aliphatic rings. The van der Waals surface area contributed by atoms with Gasteiger partial charge in [0.25, 0.3) is 0 Å². The molecule has 0 fully saturated rings. The summed E-state index contributed by atoms with van der Waals surface area (Å²) < 4.78 is 21.0. The van der Waals surface area contributed by atoms with Crippen LogP contribution in [0.5, 0.6) is 28.7 Å². The highest BCUT2D eigenvalue weighted by molar-refractivity contribution is 6.05. The number of aromatic carboxylic acids is 1. The van der Waals surface area contributed by atoms with Gasteiger partial charge in [0.05, 0.1) is 12.7 Å². The lowest BCUT2D eigenvalue weighted by Crippen LogP contribution is -2.13. The largest absolute Gasteiger partial charge is 0.507 e. The summed E-state index contributed by atoms with van der Waals surface area (Å²) in [6.07, 6.45) is -1.81. The first-order chi connectivity index (χ1) is 13.7. The van der Waals surface area contributed by atoms with Gasteiger partial charge in [0, 0.05) is 5.56 Å². The zero-order chi connectivity index (χ0) is 21.2. The highest BCUT2D eigenvalue weighted by atomic mass is 16.6. The number of aromatic hydroxyl groups is 1. The lowest BCUT2D eigenvalue weighted by Gasteiger charge is -2.17. The van der Waals surface area contributed by atoms with Crippen molar-refractivity contribution in [1.82, 2.24) is 0 Å². The van der Waals surface area contributed by atoms with Gasteiger partial charge >= 0.3 is 17.9 Å². The number of carboxylic acid groups (broad SMARTS) is 1. The molecule has 4 rings (SSSR count). The first kappa shape index (κ1) is 18.6. The third-order valence-corrected chi connectivity index (χ3v) is 4.80. The van der Waals surface area contributed by atoms with Crippen LogP contribution in [0.2, 0.25) is 0 Å². The number of hydrogen-bond acceptors (Lipinski definition) is 9. The van der Waals surface area contributed by atoms with Crippen LogP contribution in [-0.4, -0.2) is 40.3 Å². The summed E-state index contributed by atoms with van der Waals surface area (Å²) >= 11 is 0. The Morgan fingerprint density at radius 2 is 1.76 bits per heavy atom. The van der Waals surface area contributed by atoms with Gasteiger partial charge in [-0.25, -0.2) is 14.4 Å². The third-order valence-electron chi connectivity index (χ3n) is 4.80. The number of phenols is 1. The fraction of sp³-hybridized carbons (Fsp3) is 0.211. The Labute approximate surface area is 162 Å². The molecule has 2 aliphatic heterocycles. The number of aliphatic hydroxyl groups is 1. The van der Waals surface area contributed by atoms with E-state index >= 15 is 0 Å². The number of cyclic esters (lactones) is 1. The number of carbonyl (C=O) groups is 3. The summed E-state index contributed by atoms with van der Waals surface area (Å²) in [5.41, 5.74) is -0.960. The summed E-state index contributed by atoms with van der Waals surface area (Å²) in [4.78, 5) is 36.7. The highest BCUT2D eigenvalue weighted by Gasteiger charge is 2.43. The van der Waals surface area contributed by atoms with Gasteiger partial charge in [0.1, 0.15) is 28.2 Å². The van der Waals surface area contributed by atoms with E-state index in [1.165, 1.54) is 27.0 Å². The van der Waals surface area contributed by atoms with Crippen molar-refractivity contribution < 1.29 is 48.7 Å². The van der Waals surface area contributed by atoms with Gasteiger partial charge in [-0.3, -0.25) is 0 Å². The second-order valence-corrected chi connectivity index (χ2v) is 6.45. The molecule has 0 spiro atoms. The molecule has 0 saturated heterocycles. The fourth-order valence-electron chi connectivity index (χ4n) is 3.44. The predicted octanol–water partition coefficient (Wildman–Crippen LogP) is 2.20. The number of phenolic OH excluding ortho intramolecular Hbond substituents is 1. The molecule has 150 valence electrons. The first-order valence-electron chi connectivity index (χ1n) is 8.30. The Morgan fingerprint density at radius 3 is 2.38 bits per heavy atom. The van der Waals surface area contributed by atoms with E-state index in [-0.39, 0.29) is 45.3 Å². The van der Waals surface area contributed by atoms with Crippen molar-refractivity contribution in [2.45, 2.75) is 20.1 Å². The van der Waals surface area contributed by atoms with Crippen LogP contribution < -0.4 is 14.2 Å². The van der Waals surface area contributed by atoms with Crippen molar-refractivity contribution in [3.05, 3.63) is 39.4 Å². The Kier molecular flexibility index (Phi) is 3.91. The minimum atomic E-state index is -1.81. The summed E-state index contributed by atoms with van der Waals surface area (Å²) in [5, 5.41) is 30.2. The number of aryl methyl sites for hydroxylation is 1. The standard InChI is InChI=1S/C19H14O10/c1-5-4-7(26-3)9(16(21)22)14-8(5)17(23)28-13-6(2)12(20)10-11(15(13)27-14)19(25)29-18(10)24/h4,19-20,25H,1-3H3,(H,21,22)/t19-/m0/s1. The van der Waals surface area contributed by atoms with Crippen LogP contribution in [0, 0.1) is 13.8 Å². The molecule has 3 N–H and O–H groups in total. The van der Waals surface area contributed by atoms with Crippen molar-refractivity contribution >= 4 is 17.9 Å². The molecule has 29 heavy (non-hydrogen) atoms. The van der Waals surface area contributed by atoms with E-state index in [2.05, 4.69) is 0 Å². The number of methoxy groups -OCH3 is 1. The quantitative estimate of drug-likeness (QED) is 0.504. The smallest absolute Gasteiger partial charge is 0.347 e. The number of rotatable bonds is 2. The summed E-state index contributed by atoms with van der Waals surface area (Å²) in [5.74, 6) is -4.95. The number of esters is 2. The van der Waals surface area contributed by atoms with Gasteiger partial charge in [-0.15, -0.1) is 0 Å². The molecular weight excluding hydrogens is 388 g/mol. The lowest BCUT2D eigenvalue weighted by atomic mass is 10.0. The minimum Gasteiger partial charge on any atom is -0.507 e. The molecule has 0 saturated carbocycles. The molecule has 10 nitrogen and oxygen atoms in total. The zero-order valence-corrected chi connectivity index (χ0v) is 15.4. The maximum Gasteiger partial charge on any atom is 0.347 e. The normalized spacial score (nSPS) is 16.6. The number of aliphatic hydroxyl groups excluding tert-OH is 1. The summed E-state index contributed by atoms with van der Waals surface area (Å²) in [7, 11) is 1.26. The number of carbonyl (C=O) groups excluding carboxylic acids is 2. The summed E-state index contributed by atoms with van der Waals surface area (Å²) in [6, 6.07) is 1.35. The zero-order valence-electron chi connectivity index (χ0n) is 15.4. The second-order valence-electron chi connectivity index (χ2n) is 6.45. The molecule has 0 unspecified atom stereocenters. The number of hydrogen-bond donors (Lipinski definition) is 3. The van der Waals surface area contributed by atoms with E-state index in [0.717, 1.165) is 0 Å². The Hall–Kier alpha value is -3.79. The minimum absolute atomic E-state index is 0.0209. The lowest BCUT2D eigenvalue weighted by molar-refractivity contribution is -0.0555.